The lowest BCUT2D eigenvalue weighted by Crippen LogP contribution is -2.28. The molecular formula is C22H22Cl2N2OS. The molecule has 0 amide bonds. The molecule has 3 nitrogen and oxygen atoms in total. The maximum atomic E-state index is 6.22. The topological polar surface area (TPSA) is 25.4 Å². The van der Waals surface area contributed by atoms with Crippen LogP contribution in [-0.2, 0) is 13.2 Å². The number of ether oxygens (including phenoxy) is 1. The Morgan fingerprint density at radius 1 is 1.00 bits per heavy atom. The Hall–Kier alpha value is -1.59. The molecule has 6 heteroatoms. The lowest BCUT2D eigenvalue weighted by molar-refractivity contribution is 0.222. The lowest BCUT2D eigenvalue weighted by Gasteiger charge is -2.25. The molecule has 3 aromatic rings. The summed E-state index contributed by atoms with van der Waals surface area (Å²) in [5, 5.41) is 1.23. The van der Waals surface area contributed by atoms with Gasteiger partial charge in [-0.15, -0.1) is 11.3 Å². The minimum Gasteiger partial charge on any atom is -0.487 e. The van der Waals surface area contributed by atoms with Crippen LogP contribution in [0.3, 0.4) is 0 Å². The van der Waals surface area contributed by atoms with Crippen molar-refractivity contribution in [2.45, 2.75) is 32.4 Å². The van der Waals surface area contributed by atoms with E-state index in [1.807, 2.05) is 35.7 Å². The molecule has 146 valence electrons. The summed E-state index contributed by atoms with van der Waals surface area (Å²) in [5.74, 6) is 0.731. The minimum absolute atomic E-state index is 0.381. The van der Waals surface area contributed by atoms with Crippen molar-refractivity contribution in [1.29, 1.82) is 0 Å². The van der Waals surface area contributed by atoms with Crippen molar-refractivity contribution in [3.05, 3.63) is 69.3 Å². The van der Waals surface area contributed by atoms with Gasteiger partial charge in [-0.3, -0.25) is 9.88 Å². The molecule has 0 saturated carbocycles. The molecule has 0 bridgehead atoms. The van der Waals surface area contributed by atoms with Crippen molar-refractivity contribution in [3.8, 4) is 16.2 Å². The van der Waals surface area contributed by atoms with Crippen LogP contribution in [0.1, 0.15) is 29.7 Å². The molecule has 0 spiro atoms. The Kier molecular flexibility index (Phi) is 6.53. The summed E-state index contributed by atoms with van der Waals surface area (Å²) in [4.78, 5) is 9.52. The number of thiophene rings is 1. The van der Waals surface area contributed by atoms with E-state index in [-0.39, 0.29) is 0 Å². The van der Waals surface area contributed by atoms with Crippen LogP contribution in [0.5, 0.6) is 5.75 Å². The van der Waals surface area contributed by atoms with Gasteiger partial charge in [-0.2, -0.15) is 0 Å². The van der Waals surface area contributed by atoms with E-state index in [0.717, 1.165) is 23.4 Å². The van der Waals surface area contributed by atoms with Gasteiger partial charge in [0.25, 0.3) is 0 Å². The number of benzene rings is 1. The van der Waals surface area contributed by atoms with Gasteiger partial charge in [0.2, 0.25) is 0 Å². The van der Waals surface area contributed by atoms with Crippen LogP contribution in [0.4, 0.5) is 0 Å². The zero-order valence-corrected chi connectivity index (χ0v) is 17.9. The number of nitrogens with zero attached hydrogens (tertiary/aromatic N) is 2. The third kappa shape index (κ3) is 5.06. The molecule has 1 aromatic carbocycles. The maximum Gasteiger partial charge on any atom is 0.138 e. The molecule has 1 aliphatic rings. The smallest absolute Gasteiger partial charge is 0.138 e. The normalized spacial score (nSPS) is 14.9. The van der Waals surface area contributed by atoms with Crippen molar-refractivity contribution in [2.24, 2.45) is 0 Å². The summed E-state index contributed by atoms with van der Waals surface area (Å²) in [6, 6.07) is 11.9. The Bertz CT molecular complexity index is 938. The fourth-order valence-corrected chi connectivity index (χ4v) is 4.88. The fourth-order valence-electron chi connectivity index (χ4n) is 3.39. The average molecular weight is 433 g/mol. The molecule has 0 radical (unpaired) electrons. The first-order chi connectivity index (χ1) is 13.7. The number of aromatic nitrogens is 1. The summed E-state index contributed by atoms with van der Waals surface area (Å²) in [7, 11) is 0. The highest BCUT2D eigenvalue weighted by molar-refractivity contribution is 7.15. The summed E-state index contributed by atoms with van der Waals surface area (Å²) in [6.45, 7) is 3.85. The van der Waals surface area contributed by atoms with Crippen molar-refractivity contribution < 1.29 is 4.74 Å². The number of halogens is 2. The first-order valence-corrected chi connectivity index (χ1v) is 11.1. The number of piperidine rings is 1. The molecule has 4 rings (SSSR count). The van der Waals surface area contributed by atoms with Crippen molar-refractivity contribution in [2.75, 3.05) is 13.1 Å². The SMILES string of the molecule is Clc1ccc(COc2cncc(-c3ccc(CN4CCCCC4)s3)c2)c(Cl)c1. The van der Waals surface area contributed by atoms with Crippen LogP contribution in [0, 0.1) is 0 Å². The highest BCUT2D eigenvalue weighted by Gasteiger charge is 2.12. The van der Waals surface area contributed by atoms with Crippen LogP contribution in [0.2, 0.25) is 10.0 Å². The highest BCUT2D eigenvalue weighted by Crippen LogP contribution is 2.31. The van der Waals surface area contributed by atoms with Gasteiger partial charge in [0.05, 0.1) is 6.20 Å². The van der Waals surface area contributed by atoms with Gasteiger partial charge in [-0.05, 0) is 56.3 Å². The Labute approximate surface area is 179 Å². The van der Waals surface area contributed by atoms with Gasteiger partial charge < -0.3 is 4.74 Å². The van der Waals surface area contributed by atoms with Crippen LogP contribution < -0.4 is 4.74 Å². The van der Waals surface area contributed by atoms with Gasteiger partial charge in [0.15, 0.2) is 0 Å². The molecule has 28 heavy (non-hydrogen) atoms. The predicted octanol–water partition coefficient (Wildman–Crippen LogP) is 6.68. The zero-order valence-electron chi connectivity index (χ0n) is 15.5. The third-order valence-corrected chi connectivity index (χ3v) is 6.60. The zero-order chi connectivity index (χ0) is 19.3. The fraction of sp³-hybridized carbons (Fsp3) is 0.318. The van der Waals surface area contributed by atoms with Crippen LogP contribution in [0.15, 0.2) is 48.8 Å². The minimum atomic E-state index is 0.381. The molecular weight excluding hydrogens is 411 g/mol. The number of hydrogen-bond donors (Lipinski definition) is 0. The number of rotatable bonds is 6. The lowest BCUT2D eigenvalue weighted by atomic mass is 10.1. The standard InChI is InChI=1S/C22H22Cl2N2OS/c23-18-5-4-16(21(24)11-18)15-27-19-10-17(12-25-13-19)22-7-6-20(28-22)14-26-8-2-1-3-9-26/h4-7,10-13H,1-3,8-9,14-15H2. The number of pyridine rings is 1. The molecule has 1 fully saturated rings. The van der Waals surface area contributed by atoms with Crippen molar-refractivity contribution >= 4 is 34.5 Å². The van der Waals surface area contributed by atoms with E-state index in [0.29, 0.717) is 16.7 Å². The van der Waals surface area contributed by atoms with Crippen LogP contribution in [-0.4, -0.2) is 23.0 Å². The van der Waals surface area contributed by atoms with Gasteiger partial charge in [-0.1, -0.05) is 35.7 Å². The second-order valence-electron chi connectivity index (χ2n) is 7.04. The van der Waals surface area contributed by atoms with E-state index in [2.05, 4.69) is 22.0 Å². The summed E-state index contributed by atoms with van der Waals surface area (Å²) >= 11 is 14.0. The van der Waals surface area contributed by atoms with E-state index in [1.165, 1.54) is 42.1 Å². The highest BCUT2D eigenvalue weighted by atomic mass is 35.5. The molecule has 0 aliphatic carbocycles. The van der Waals surface area contributed by atoms with Gasteiger partial charge in [-0.25, -0.2) is 0 Å². The first kappa shape index (κ1) is 19.7. The molecule has 3 heterocycles. The van der Waals surface area contributed by atoms with E-state index >= 15 is 0 Å². The molecule has 2 aromatic heterocycles. The molecule has 0 N–H and O–H groups in total. The van der Waals surface area contributed by atoms with Gasteiger partial charge in [0, 0.05) is 43.7 Å². The van der Waals surface area contributed by atoms with Crippen molar-refractivity contribution in [1.82, 2.24) is 9.88 Å². The molecule has 0 unspecified atom stereocenters. The summed E-state index contributed by atoms with van der Waals surface area (Å²) in [6.07, 6.45) is 7.62. The Morgan fingerprint density at radius 3 is 2.68 bits per heavy atom. The molecule has 1 saturated heterocycles. The van der Waals surface area contributed by atoms with E-state index in [4.69, 9.17) is 27.9 Å². The van der Waals surface area contributed by atoms with Gasteiger partial charge in [0.1, 0.15) is 12.4 Å². The first-order valence-electron chi connectivity index (χ1n) is 9.50. The van der Waals surface area contributed by atoms with Crippen LogP contribution in [0.25, 0.3) is 10.4 Å². The monoisotopic (exact) mass is 432 g/mol. The summed E-state index contributed by atoms with van der Waals surface area (Å²) in [5.41, 5.74) is 1.98. The molecule has 0 atom stereocenters. The van der Waals surface area contributed by atoms with E-state index in [9.17, 15) is 0 Å². The van der Waals surface area contributed by atoms with Gasteiger partial charge >= 0.3 is 0 Å². The largest absolute Gasteiger partial charge is 0.487 e. The second-order valence-corrected chi connectivity index (χ2v) is 9.05. The number of likely N-dealkylation sites (tertiary alicyclic amines) is 1. The maximum absolute atomic E-state index is 6.22. The van der Waals surface area contributed by atoms with Crippen LogP contribution >= 0.6 is 34.5 Å². The quantitative estimate of drug-likeness (QED) is 0.434. The molecule has 1 aliphatic heterocycles. The van der Waals surface area contributed by atoms with Crippen molar-refractivity contribution in [3.63, 3.8) is 0 Å². The number of hydrogen-bond acceptors (Lipinski definition) is 4. The van der Waals surface area contributed by atoms with E-state index < -0.39 is 0 Å². The second kappa shape index (κ2) is 9.27. The average Bonchev–Trinajstić information content (AvgIpc) is 3.17. The Morgan fingerprint density at radius 2 is 1.86 bits per heavy atom. The summed E-state index contributed by atoms with van der Waals surface area (Å²) < 4.78 is 5.91. The van der Waals surface area contributed by atoms with E-state index in [1.54, 1.807) is 12.3 Å². The Balaban J connectivity index is 1.42. The third-order valence-electron chi connectivity index (χ3n) is 4.90. The predicted molar refractivity (Wildman–Crippen MR) is 117 cm³/mol.